The zero-order valence-electron chi connectivity index (χ0n) is 12.8. The van der Waals surface area contributed by atoms with E-state index in [-0.39, 0.29) is 24.2 Å². The zero-order valence-corrected chi connectivity index (χ0v) is 14.4. The fourth-order valence-electron chi connectivity index (χ4n) is 2.37. The van der Waals surface area contributed by atoms with E-state index in [2.05, 4.69) is 10.6 Å². The largest absolute Gasteiger partial charge is 0.493 e. The number of benzene rings is 1. The van der Waals surface area contributed by atoms with Crippen LogP contribution in [-0.2, 0) is 11.3 Å². The highest BCUT2D eigenvalue weighted by Crippen LogP contribution is 2.36. The number of nitrogens with one attached hydrogen (secondary N) is 2. The number of carbonyl (C=O) groups is 1. The SMILES string of the molecule is CCOc1c(Cl)cc(CNC(=O)C2CCNC2)cc1OC.Cl. The lowest BCUT2D eigenvalue weighted by Crippen LogP contribution is -2.31. The molecule has 0 bridgehead atoms. The van der Waals surface area contributed by atoms with E-state index in [1.54, 1.807) is 13.2 Å². The van der Waals surface area contributed by atoms with Crippen molar-refractivity contribution in [1.29, 1.82) is 0 Å². The minimum atomic E-state index is 0. The number of halogens is 2. The summed E-state index contributed by atoms with van der Waals surface area (Å²) in [5.74, 6) is 1.25. The molecule has 22 heavy (non-hydrogen) atoms. The predicted molar refractivity (Wildman–Crippen MR) is 89.2 cm³/mol. The van der Waals surface area contributed by atoms with Crippen molar-refractivity contribution in [1.82, 2.24) is 10.6 Å². The summed E-state index contributed by atoms with van der Waals surface area (Å²) in [5.41, 5.74) is 0.889. The lowest BCUT2D eigenvalue weighted by Gasteiger charge is -2.14. The Morgan fingerprint density at radius 3 is 2.86 bits per heavy atom. The molecule has 124 valence electrons. The Bertz CT molecular complexity index is 506. The Labute approximate surface area is 142 Å². The second kappa shape index (κ2) is 9.08. The molecular weight excluding hydrogens is 327 g/mol. The molecule has 0 spiro atoms. The first-order valence-corrected chi connectivity index (χ1v) is 7.51. The van der Waals surface area contributed by atoms with E-state index >= 15 is 0 Å². The summed E-state index contributed by atoms with van der Waals surface area (Å²) in [6.45, 7) is 4.48. The summed E-state index contributed by atoms with van der Waals surface area (Å²) >= 11 is 6.21. The van der Waals surface area contributed by atoms with E-state index in [1.165, 1.54) is 0 Å². The van der Waals surface area contributed by atoms with Gasteiger partial charge in [-0.1, -0.05) is 11.6 Å². The molecule has 1 aromatic carbocycles. The van der Waals surface area contributed by atoms with Crippen molar-refractivity contribution in [3.05, 3.63) is 22.7 Å². The van der Waals surface area contributed by atoms with Crippen molar-refractivity contribution in [3.63, 3.8) is 0 Å². The molecule has 0 radical (unpaired) electrons. The molecule has 2 N–H and O–H groups in total. The molecule has 1 unspecified atom stereocenters. The molecular formula is C15H22Cl2N2O3. The lowest BCUT2D eigenvalue weighted by atomic mass is 10.1. The fraction of sp³-hybridized carbons (Fsp3) is 0.533. The zero-order chi connectivity index (χ0) is 15.2. The first-order valence-electron chi connectivity index (χ1n) is 7.13. The van der Waals surface area contributed by atoms with Gasteiger partial charge in [-0.3, -0.25) is 4.79 Å². The monoisotopic (exact) mass is 348 g/mol. The molecule has 2 rings (SSSR count). The van der Waals surface area contributed by atoms with Crippen molar-refractivity contribution in [2.24, 2.45) is 5.92 Å². The normalized spacial score (nSPS) is 16.8. The predicted octanol–water partition coefficient (Wildman–Crippen LogP) is 2.39. The first-order chi connectivity index (χ1) is 10.2. The van der Waals surface area contributed by atoms with Crippen LogP contribution in [0, 0.1) is 5.92 Å². The van der Waals surface area contributed by atoms with E-state index in [9.17, 15) is 4.79 Å². The minimum absolute atomic E-state index is 0. The number of carbonyl (C=O) groups excluding carboxylic acids is 1. The van der Waals surface area contributed by atoms with Gasteiger partial charge in [-0.05, 0) is 37.6 Å². The van der Waals surface area contributed by atoms with Crippen molar-refractivity contribution in [3.8, 4) is 11.5 Å². The molecule has 1 heterocycles. The van der Waals surface area contributed by atoms with Crippen LogP contribution in [0.3, 0.4) is 0 Å². The van der Waals surface area contributed by atoms with Crippen LogP contribution < -0.4 is 20.1 Å². The lowest BCUT2D eigenvalue weighted by molar-refractivity contribution is -0.124. The van der Waals surface area contributed by atoms with Crippen LogP contribution in [0.15, 0.2) is 12.1 Å². The van der Waals surface area contributed by atoms with Crippen LogP contribution in [0.2, 0.25) is 5.02 Å². The van der Waals surface area contributed by atoms with Crippen molar-refractivity contribution in [2.75, 3.05) is 26.8 Å². The number of methoxy groups -OCH3 is 1. The van der Waals surface area contributed by atoms with Gasteiger partial charge in [0.1, 0.15) is 0 Å². The van der Waals surface area contributed by atoms with Gasteiger partial charge in [0.2, 0.25) is 5.91 Å². The van der Waals surface area contributed by atoms with Crippen molar-refractivity contribution < 1.29 is 14.3 Å². The Hall–Kier alpha value is -1.17. The summed E-state index contributed by atoms with van der Waals surface area (Å²) in [4.78, 5) is 12.0. The van der Waals surface area contributed by atoms with Crippen LogP contribution in [0.25, 0.3) is 0 Å². The Morgan fingerprint density at radius 1 is 1.50 bits per heavy atom. The van der Waals surface area contributed by atoms with Gasteiger partial charge in [0.05, 0.1) is 24.7 Å². The van der Waals surface area contributed by atoms with Crippen LogP contribution in [-0.4, -0.2) is 32.7 Å². The third kappa shape index (κ3) is 4.66. The smallest absolute Gasteiger partial charge is 0.224 e. The quantitative estimate of drug-likeness (QED) is 0.828. The third-order valence-corrected chi connectivity index (χ3v) is 3.76. The third-order valence-electron chi connectivity index (χ3n) is 3.48. The maximum Gasteiger partial charge on any atom is 0.224 e. The second-order valence-corrected chi connectivity index (χ2v) is 5.36. The summed E-state index contributed by atoms with van der Waals surface area (Å²) in [5, 5.41) is 6.61. The molecule has 1 fully saturated rings. The highest BCUT2D eigenvalue weighted by atomic mass is 35.5. The maximum absolute atomic E-state index is 12.0. The van der Waals surface area contributed by atoms with E-state index in [4.69, 9.17) is 21.1 Å². The highest BCUT2D eigenvalue weighted by Gasteiger charge is 2.22. The highest BCUT2D eigenvalue weighted by molar-refractivity contribution is 6.32. The summed E-state index contributed by atoms with van der Waals surface area (Å²) < 4.78 is 10.8. The Balaban J connectivity index is 0.00000242. The van der Waals surface area contributed by atoms with Gasteiger partial charge in [0, 0.05) is 13.1 Å². The van der Waals surface area contributed by atoms with Gasteiger partial charge in [-0.15, -0.1) is 12.4 Å². The van der Waals surface area contributed by atoms with Gasteiger partial charge < -0.3 is 20.1 Å². The molecule has 1 aromatic rings. The minimum Gasteiger partial charge on any atom is -0.493 e. The molecule has 1 aliphatic heterocycles. The van der Waals surface area contributed by atoms with E-state index in [1.807, 2.05) is 13.0 Å². The van der Waals surface area contributed by atoms with Crippen LogP contribution in [0.5, 0.6) is 11.5 Å². The molecule has 0 saturated carbocycles. The maximum atomic E-state index is 12.0. The molecule has 1 aliphatic rings. The Kier molecular flexibility index (Phi) is 7.79. The van der Waals surface area contributed by atoms with Crippen LogP contribution in [0.1, 0.15) is 18.9 Å². The van der Waals surface area contributed by atoms with Gasteiger partial charge in [0.25, 0.3) is 0 Å². The van der Waals surface area contributed by atoms with Gasteiger partial charge in [0.15, 0.2) is 11.5 Å². The summed E-state index contributed by atoms with van der Waals surface area (Å²) in [6.07, 6.45) is 0.888. The number of amides is 1. The molecule has 0 aliphatic carbocycles. The summed E-state index contributed by atoms with van der Waals surface area (Å²) in [7, 11) is 1.57. The molecule has 1 amide bonds. The number of rotatable bonds is 6. The van der Waals surface area contributed by atoms with E-state index in [0.717, 1.165) is 25.1 Å². The number of hydrogen-bond acceptors (Lipinski definition) is 4. The fourth-order valence-corrected chi connectivity index (χ4v) is 2.66. The molecule has 7 heteroatoms. The first kappa shape index (κ1) is 18.9. The molecule has 0 aromatic heterocycles. The van der Waals surface area contributed by atoms with Crippen LogP contribution in [0.4, 0.5) is 0 Å². The van der Waals surface area contributed by atoms with E-state index in [0.29, 0.717) is 29.7 Å². The van der Waals surface area contributed by atoms with Gasteiger partial charge in [-0.2, -0.15) is 0 Å². The van der Waals surface area contributed by atoms with Crippen LogP contribution >= 0.6 is 24.0 Å². The van der Waals surface area contributed by atoms with Crippen molar-refractivity contribution in [2.45, 2.75) is 19.9 Å². The standard InChI is InChI=1S/C15H21ClN2O3.ClH/c1-3-21-14-12(16)6-10(7-13(14)20-2)8-18-15(19)11-4-5-17-9-11;/h6-7,11,17H,3-5,8-9H2,1-2H3,(H,18,19);1H. The number of hydrogen-bond donors (Lipinski definition) is 2. The average Bonchev–Trinajstić information content (AvgIpc) is 3.01. The van der Waals surface area contributed by atoms with E-state index < -0.39 is 0 Å². The second-order valence-electron chi connectivity index (χ2n) is 4.95. The van der Waals surface area contributed by atoms with Crippen molar-refractivity contribution >= 4 is 29.9 Å². The number of ether oxygens (including phenoxy) is 2. The van der Waals surface area contributed by atoms with Gasteiger partial charge >= 0.3 is 0 Å². The molecule has 1 saturated heterocycles. The molecule has 5 nitrogen and oxygen atoms in total. The summed E-state index contributed by atoms with van der Waals surface area (Å²) in [6, 6.07) is 3.63. The average molecular weight is 349 g/mol. The Morgan fingerprint density at radius 2 is 2.27 bits per heavy atom. The molecule has 1 atom stereocenters. The topological polar surface area (TPSA) is 59.6 Å². The van der Waals surface area contributed by atoms with Gasteiger partial charge in [-0.25, -0.2) is 0 Å².